The third-order valence-corrected chi connectivity index (χ3v) is 8.13. The monoisotopic (exact) mass is 475 g/mol. The smallest absolute Gasteiger partial charge is 0.255 e. The average molecular weight is 476 g/mol. The number of hydrogen-bond acceptors (Lipinski definition) is 6. The van der Waals surface area contributed by atoms with E-state index in [2.05, 4.69) is 22.3 Å². The van der Waals surface area contributed by atoms with Crippen LogP contribution in [0.2, 0.25) is 0 Å². The number of nitrogens with zero attached hydrogens (tertiary/aromatic N) is 2. The molecule has 1 spiro atoms. The summed E-state index contributed by atoms with van der Waals surface area (Å²) in [6, 6.07) is 11.5. The zero-order chi connectivity index (χ0) is 24.2. The minimum atomic E-state index is -0.614. The van der Waals surface area contributed by atoms with Crippen LogP contribution in [-0.4, -0.2) is 60.4 Å². The number of ether oxygens (including phenoxy) is 2. The molecule has 2 aromatic carbocycles. The van der Waals surface area contributed by atoms with Crippen LogP contribution in [0.3, 0.4) is 0 Å². The highest BCUT2D eigenvalue weighted by Gasteiger charge is 2.47. The van der Waals surface area contributed by atoms with Crippen molar-refractivity contribution in [3.63, 3.8) is 0 Å². The number of piperidine rings is 2. The average Bonchev–Trinajstić information content (AvgIpc) is 3.39. The summed E-state index contributed by atoms with van der Waals surface area (Å²) in [5.41, 5.74) is 3.82. The predicted molar refractivity (Wildman–Crippen MR) is 127 cm³/mol. The van der Waals surface area contributed by atoms with Crippen LogP contribution >= 0.6 is 0 Å². The maximum atomic E-state index is 13.1. The molecule has 4 heterocycles. The van der Waals surface area contributed by atoms with Crippen LogP contribution < -0.4 is 14.8 Å². The largest absolute Gasteiger partial charge is 0.496 e. The molecule has 182 valence electrons. The molecule has 0 aromatic heterocycles. The van der Waals surface area contributed by atoms with Crippen molar-refractivity contribution in [2.24, 2.45) is 0 Å². The van der Waals surface area contributed by atoms with Crippen LogP contribution in [0, 0.1) is 0 Å². The Morgan fingerprint density at radius 1 is 1.11 bits per heavy atom. The SMILES string of the molecule is COc1ccccc1CN1CCC2(CC1)COc1c2ccc2c1CN(C1CCC(=O)NC1=O)C2=O. The molecule has 8 heteroatoms. The van der Waals surface area contributed by atoms with Gasteiger partial charge in [0.1, 0.15) is 17.5 Å². The van der Waals surface area contributed by atoms with Crippen molar-refractivity contribution in [3.05, 3.63) is 58.7 Å². The molecular weight excluding hydrogens is 446 g/mol. The minimum absolute atomic E-state index is 0.0489. The molecule has 8 nitrogen and oxygen atoms in total. The van der Waals surface area contributed by atoms with Crippen molar-refractivity contribution in [2.75, 3.05) is 26.8 Å². The molecule has 4 aliphatic heterocycles. The molecule has 2 fully saturated rings. The van der Waals surface area contributed by atoms with E-state index < -0.39 is 6.04 Å². The zero-order valence-corrected chi connectivity index (χ0v) is 19.8. The highest BCUT2D eigenvalue weighted by atomic mass is 16.5. The molecule has 0 saturated carbocycles. The number of rotatable bonds is 4. The quantitative estimate of drug-likeness (QED) is 0.684. The van der Waals surface area contributed by atoms with Gasteiger partial charge in [0.15, 0.2) is 0 Å². The number of imide groups is 1. The second-order valence-corrected chi connectivity index (χ2v) is 10.0. The van der Waals surface area contributed by atoms with Gasteiger partial charge in [0.05, 0.1) is 20.3 Å². The number of carbonyl (C=O) groups excluding carboxylic acids is 3. The third kappa shape index (κ3) is 3.58. The summed E-state index contributed by atoms with van der Waals surface area (Å²) in [6.45, 7) is 3.74. The molecule has 1 unspecified atom stereocenters. The first-order valence-corrected chi connectivity index (χ1v) is 12.3. The highest BCUT2D eigenvalue weighted by Crippen LogP contribution is 2.49. The van der Waals surface area contributed by atoms with E-state index in [0.717, 1.165) is 49.5 Å². The normalized spacial score (nSPS) is 23.2. The third-order valence-electron chi connectivity index (χ3n) is 8.13. The molecule has 2 aromatic rings. The Kier molecular flexibility index (Phi) is 5.29. The molecular formula is C27H29N3O5. The summed E-state index contributed by atoms with van der Waals surface area (Å²) in [4.78, 5) is 41.2. The Labute approximate surface area is 204 Å². The summed E-state index contributed by atoms with van der Waals surface area (Å²) in [6.07, 6.45) is 2.58. The van der Waals surface area contributed by atoms with Gasteiger partial charge in [-0.3, -0.25) is 24.6 Å². The van der Waals surface area contributed by atoms with E-state index in [9.17, 15) is 14.4 Å². The Hall–Kier alpha value is -3.39. The number of nitrogens with one attached hydrogen (secondary N) is 1. The van der Waals surface area contributed by atoms with Crippen LogP contribution in [0.5, 0.6) is 11.5 Å². The molecule has 0 bridgehead atoms. The van der Waals surface area contributed by atoms with E-state index in [0.29, 0.717) is 25.1 Å². The summed E-state index contributed by atoms with van der Waals surface area (Å²) in [5, 5.41) is 2.37. The Morgan fingerprint density at radius 2 is 1.91 bits per heavy atom. The van der Waals surface area contributed by atoms with Gasteiger partial charge in [0.25, 0.3) is 5.91 Å². The van der Waals surface area contributed by atoms with E-state index in [1.807, 2.05) is 24.3 Å². The van der Waals surface area contributed by atoms with Crippen LogP contribution in [0.4, 0.5) is 0 Å². The van der Waals surface area contributed by atoms with Crippen molar-refractivity contribution in [1.82, 2.24) is 15.1 Å². The Morgan fingerprint density at radius 3 is 2.69 bits per heavy atom. The zero-order valence-electron chi connectivity index (χ0n) is 19.8. The number of benzene rings is 2. The van der Waals surface area contributed by atoms with Crippen molar-refractivity contribution < 1.29 is 23.9 Å². The molecule has 35 heavy (non-hydrogen) atoms. The van der Waals surface area contributed by atoms with Crippen molar-refractivity contribution in [1.29, 1.82) is 0 Å². The van der Waals surface area contributed by atoms with Gasteiger partial charge < -0.3 is 14.4 Å². The summed E-state index contributed by atoms with van der Waals surface area (Å²) < 4.78 is 11.8. The minimum Gasteiger partial charge on any atom is -0.496 e. The van der Waals surface area contributed by atoms with Crippen LogP contribution in [0.15, 0.2) is 36.4 Å². The lowest BCUT2D eigenvalue weighted by Gasteiger charge is -2.38. The first kappa shape index (κ1) is 22.1. The second-order valence-electron chi connectivity index (χ2n) is 10.0. The summed E-state index contributed by atoms with van der Waals surface area (Å²) >= 11 is 0. The van der Waals surface area contributed by atoms with Gasteiger partial charge in [0, 0.05) is 40.6 Å². The van der Waals surface area contributed by atoms with Gasteiger partial charge in [-0.1, -0.05) is 24.3 Å². The lowest BCUT2D eigenvalue weighted by Crippen LogP contribution is -2.52. The van der Waals surface area contributed by atoms with Crippen LogP contribution in [0.25, 0.3) is 0 Å². The fraction of sp³-hybridized carbons (Fsp3) is 0.444. The molecule has 6 rings (SSSR count). The fourth-order valence-corrected chi connectivity index (χ4v) is 6.11. The number of fused-ring (bicyclic) bond motifs is 4. The maximum absolute atomic E-state index is 13.1. The van der Waals surface area contributed by atoms with E-state index >= 15 is 0 Å². The van der Waals surface area contributed by atoms with Crippen molar-refractivity contribution in [2.45, 2.75) is 50.2 Å². The maximum Gasteiger partial charge on any atom is 0.255 e. The van der Waals surface area contributed by atoms with Crippen molar-refractivity contribution in [3.8, 4) is 11.5 Å². The highest BCUT2D eigenvalue weighted by molar-refractivity contribution is 6.05. The lowest BCUT2D eigenvalue weighted by molar-refractivity contribution is -0.136. The molecule has 3 amide bonds. The lowest BCUT2D eigenvalue weighted by atomic mass is 9.74. The Bertz CT molecular complexity index is 1220. The van der Waals surface area contributed by atoms with Gasteiger partial charge in [-0.25, -0.2) is 0 Å². The van der Waals surface area contributed by atoms with E-state index in [-0.39, 0.29) is 29.6 Å². The van der Waals surface area contributed by atoms with Gasteiger partial charge in [0.2, 0.25) is 11.8 Å². The first-order valence-electron chi connectivity index (χ1n) is 12.3. The molecule has 1 atom stereocenters. The summed E-state index contributed by atoms with van der Waals surface area (Å²) in [7, 11) is 1.71. The molecule has 1 N–H and O–H groups in total. The fourth-order valence-electron chi connectivity index (χ4n) is 6.11. The van der Waals surface area contributed by atoms with Crippen LogP contribution in [0.1, 0.15) is 52.7 Å². The molecule has 4 aliphatic rings. The van der Waals surface area contributed by atoms with Gasteiger partial charge in [-0.05, 0) is 44.5 Å². The standard InChI is InChI=1S/C27H29N3O5/c1-34-22-5-3-2-4-17(22)14-29-12-10-27(11-13-29)16-35-24-19-15-30(21-8-9-23(31)28-25(21)32)26(33)18(19)6-7-20(24)27/h2-7,21H,8-16H2,1H3,(H,28,31,32). The number of likely N-dealkylation sites (tertiary alicyclic amines) is 1. The van der Waals surface area contributed by atoms with E-state index in [1.54, 1.807) is 12.0 Å². The summed E-state index contributed by atoms with van der Waals surface area (Å²) in [5.74, 6) is 0.915. The molecule has 0 aliphatic carbocycles. The van der Waals surface area contributed by atoms with Gasteiger partial charge in [-0.2, -0.15) is 0 Å². The number of hydrogen-bond donors (Lipinski definition) is 1. The van der Waals surface area contributed by atoms with E-state index in [4.69, 9.17) is 9.47 Å². The second kappa shape index (κ2) is 8.37. The number of carbonyl (C=O) groups is 3. The first-order chi connectivity index (χ1) is 17.0. The molecule has 0 radical (unpaired) electrons. The number of para-hydroxylation sites is 1. The van der Waals surface area contributed by atoms with E-state index in [1.165, 1.54) is 11.1 Å². The number of methoxy groups -OCH3 is 1. The van der Waals surface area contributed by atoms with Crippen molar-refractivity contribution >= 4 is 17.7 Å². The molecule has 2 saturated heterocycles. The number of amides is 3. The predicted octanol–water partition coefficient (Wildman–Crippen LogP) is 2.38. The van der Waals surface area contributed by atoms with Gasteiger partial charge >= 0.3 is 0 Å². The van der Waals surface area contributed by atoms with Gasteiger partial charge in [-0.15, -0.1) is 0 Å². The van der Waals surface area contributed by atoms with Crippen LogP contribution in [-0.2, 0) is 28.1 Å². The topological polar surface area (TPSA) is 88.2 Å². The Balaban J connectivity index is 1.19.